The molecular weight excluding hydrogens is 244 g/mol. The molecule has 1 amide bonds. The van der Waals surface area contributed by atoms with E-state index in [1.807, 2.05) is 24.1 Å². The first-order valence-electron chi connectivity index (χ1n) is 6.42. The van der Waals surface area contributed by atoms with Crippen LogP contribution >= 0.6 is 0 Å². The van der Waals surface area contributed by atoms with E-state index in [4.69, 9.17) is 15.2 Å². The van der Waals surface area contributed by atoms with E-state index in [9.17, 15) is 4.79 Å². The Kier molecular flexibility index (Phi) is 4.27. The average molecular weight is 264 g/mol. The van der Waals surface area contributed by atoms with Gasteiger partial charge >= 0.3 is 0 Å². The minimum atomic E-state index is -0.304. The molecule has 5 nitrogen and oxygen atoms in total. The van der Waals surface area contributed by atoms with Crippen LogP contribution in [0.15, 0.2) is 12.1 Å². The molecular formula is C14H20N2O3. The van der Waals surface area contributed by atoms with Gasteiger partial charge in [0.15, 0.2) is 11.5 Å². The number of likely N-dealkylation sites (N-methyl/N-ethyl adjacent to an activating group) is 1. The first kappa shape index (κ1) is 13.7. The van der Waals surface area contributed by atoms with Crippen LogP contribution in [0.25, 0.3) is 0 Å². The molecule has 1 aliphatic heterocycles. The van der Waals surface area contributed by atoms with Crippen molar-refractivity contribution in [2.45, 2.75) is 13.3 Å². The third-order valence-electron chi connectivity index (χ3n) is 3.19. The van der Waals surface area contributed by atoms with Crippen LogP contribution < -0.4 is 15.2 Å². The van der Waals surface area contributed by atoms with Crippen LogP contribution in [0.1, 0.15) is 11.1 Å². The minimum Gasteiger partial charge on any atom is -0.486 e. The maximum absolute atomic E-state index is 10.8. The van der Waals surface area contributed by atoms with E-state index in [0.29, 0.717) is 13.2 Å². The molecule has 104 valence electrons. The number of carbonyl (C=O) groups is 1. The van der Waals surface area contributed by atoms with Gasteiger partial charge in [-0.3, -0.25) is 9.69 Å². The van der Waals surface area contributed by atoms with Crippen molar-refractivity contribution >= 4 is 5.91 Å². The molecule has 1 heterocycles. The van der Waals surface area contributed by atoms with Crippen molar-refractivity contribution < 1.29 is 14.3 Å². The van der Waals surface area contributed by atoms with E-state index in [2.05, 4.69) is 6.92 Å². The van der Waals surface area contributed by atoms with Crippen LogP contribution in [0.5, 0.6) is 11.5 Å². The Labute approximate surface area is 113 Å². The zero-order valence-electron chi connectivity index (χ0n) is 11.4. The number of nitrogens with zero attached hydrogens (tertiary/aromatic N) is 1. The smallest absolute Gasteiger partial charge is 0.231 e. The molecule has 5 heteroatoms. The van der Waals surface area contributed by atoms with Gasteiger partial charge in [0, 0.05) is 6.54 Å². The second-order valence-corrected chi connectivity index (χ2v) is 4.88. The number of nitrogens with two attached hydrogens (primary N) is 1. The lowest BCUT2D eigenvalue weighted by Crippen LogP contribution is -2.32. The number of carbonyl (C=O) groups excluding carboxylic acids is 1. The molecule has 0 bridgehead atoms. The van der Waals surface area contributed by atoms with Crippen LogP contribution in [-0.4, -0.2) is 44.2 Å². The second kappa shape index (κ2) is 5.93. The minimum absolute atomic E-state index is 0.281. The van der Waals surface area contributed by atoms with E-state index in [1.165, 1.54) is 11.1 Å². The highest BCUT2D eigenvalue weighted by Gasteiger charge is 2.14. The lowest BCUT2D eigenvalue weighted by molar-refractivity contribution is -0.118. The van der Waals surface area contributed by atoms with Crippen molar-refractivity contribution in [2.75, 3.05) is 33.4 Å². The number of aryl methyl sites for hydroxylation is 1. The molecule has 0 radical (unpaired) electrons. The summed E-state index contributed by atoms with van der Waals surface area (Å²) in [6.07, 6.45) is 0.853. The summed E-state index contributed by atoms with van der Waals surface area (Å²) in [5.41, 5.74) is 7.55. The summed E-state index contributed by atoms with van der Waals surface area (Å²) in [6, 6.07) is 4.04. The summed E-state index contributed by atoms with van der Waals surface area (Å²) >= 11 is 0. The first-order chi connectivity index (χ1) is 9.06. The molecule has 0 aliphatic carbocycles. The molecule has 1 aromatic carbocycles. The highest BCUT2D eigenvalue weighted by Crippen LogP contribution is 2.33. The molecule has 0 spiro atoms. The van der Waals surface area contributed by atoms with Crippen LogP contribution in [-0.2, 0) is 11.2 Å². The van der Waals surface area contributed by atoms with E-state index in [-0.39, 0.29) is 12.5 Å². The van der Waals surface area contributed by atoms with E-state index in [1.54, 1.807) is 0 Å². The van der Waals surface area contributed by atoms with Crippen molar-refractivity contribution in [3.8, 4) is 11.5 Å². The van der Waals surface area contributed by atoms with Gasteiger partial charge in [-0.15, -0.1) is 0 Å². The molecule has 1 aliphatic rings. The summed E-state index contributed by atoms with van der Waals surface area (Å²) in [4.78, 5) is 12.7. The van der Waals surface area contributed by atoms with Gasteiger partial charge in [-0.1, -0.05) is 0 Å². The lowest BCUT2D eigenvalue weighted by Gasteiger charge is -2.21. The molecule has 0 unspecified atom stereocenters. The Morgan fingerprint density at radius 2 is 1.95 bits per heavy atom. The van der Waals surface area contributed by atoms with Crippen LogP contribution in [0, 0.1) is 6.92 Å². The predicted molar refractivity (Wildman–Crippen MR) is 72.6 cm³/mol. The highest BCUT2D eigenvalue weighted by atomic mass is 16.6. The fourth-order valence-electron chi connectivity index (χ4n) is 2.16. The van der Waals surface area contributed by atoms with Gasteiger partial charge in [0.25, 0.3) is 0 Å². The SMILES string of the molecule is Cc1cc2c(cc1CCN(C)CC(N)=O)OCCO2. The number of hydrogen-bond donors (Lipinski definition) is 1. The summed E-state index contributed by atoms with van der Waals surface area (Å²) in [7, 11) is 1.89. The monoisotopic (exact) mass is 264 g/mol. The van der Waals surface area contributed by atoms with Gasteiger partial charge in [-0.05, 0) is 43.7 Å². The molecule has 0 saturated carbocycles. The lowest BCUT2D eigenvalue weighted by atomic mass is 10.0. The Balaban J connectivity index is 2.02. The number of hydrogen-bond acceptors (Lipinski definition) is 4. The Morgan fingerprint density at radius 3 is 2.58 bits per heavy atom. The van der Waals surface area contributed by atoms with Crippen molar-refractivity contribution in [2.24, 2.45) is 5.73 Å². The van der Waals surface area contributed by atoms with Crippen LogP contribution in [0.4, 0.5) is 0 Å². The zero-order chi connectivity index (χ0) is 13.8. The van der Waals surface area contributed by atoms with Crippen LogP contribution in [0.3, 0.4) is 0 Å². The standard InChI is InChI=1S/C14H20N2O3/c1-10-7-12-13(19-6-5-18-12)8-11(10)3-4-16(2)9-14(15)17/h7-8H,3-6,9H2,1-2H3,(H2,15,17). The molecule has 1 aromatic rings. The van der Waals surface area contributed by atoms with Crippen molar-refractivity contribution in [3.63, 3.8) is 0 Å². The highest BCUT2D eigenvalue weighted by molar-refractivity contribution is 5.75. The maximum atomic E-state index is 10.8. The van der Waals surface area contributed by atoms with E-state index < -0.39 is 0 Å². The van der Waals surface area contributed by atoms with Crippen molar-refractivity contribution in [1.29, 1.82) is 0 Å². The molecule has 0 saturated heterocycles. The first-order valence-corrected chi connectivity index (χ1v) is 6.42. The van der Waals surface area contributed by atoms with E-state index >= 15 is 0 Å². The number of benzene rings is 1. The quantitative estimate of drug-likeness (QED) is 0.851. The maximum Gasteiger partial charge on any atom is 0.231 e. The fourth-order valence-corrected chi connectivity index (χ4v) is 2.16. The van der Waals surface area contributed by atoms with Gasteiger partial charge in [-0.25, -0.2) is 0 Å². The molecule has 19 heavy (non-hydrogen) atoms. The third-order valence-corrected chi connectivity index (χ3v) is 3.19. The zero-order valence-corrected chi connectivity index (χ0v) is 11.4. The van der Waals surface area contributed by atoms with Crippen molar-refractivity contribution in [1.82, 2.24) is 4.90 Å². The van der Waals surface area contributed by atoms with E-state index in [0.717, 1.165) is 24.5 Å². The number of amides is 1. The molecule has 0 atom stereocenters. The number of primary amides is 1. The molecule has 2 N–H and O–H groups in total. The Bertz CT molecular complexity index is 474. The largest absolute Gasteiger partial charge is 0.486 e. The molecule has 2 rings (SSSR count). The van der Waals surface area contributed by atoms with Gasteiger partial charge in [0.1, 0.15) is 13.2 Å². The fraction of sp³-hybridized carbons (Fsp3) is 0.500. The average Bonchev–Trinajstić information content (AvgIpc) is 2.35. The Hall–Kier alpha value is -1.75. The van der Waals surface area contributed by atoms with Gasteiger partial charge < -0.3 is 15.2 Å². The summed E-state index contributed by atoms with van der Waals surface area (Å²) in [6.45, 7) is 4.32. The number of fused-ring (bicyclic) bond motifs is 1. The molecule has 0 fully saturated rings. The third kappa shape index (κ3) is 3.61. The topological polar surface area (TPSA) is 64.8 Å². The normalized spacial score (nSPS) is 13.6. The van der Waals surface area contributed by atoms with Gasteiger partial charge in [-0.2, -0.15) is 0 Å². The summed E-state index contributed by atoms with van der Waals surface area (Å²) in [5.74, 6) is 1.32. The van der Waals surface area contributed by atoms with Gasteiger partial charge in [0.2, 0.25) is 5.91 Å². The second-order valence-electron chi connectivity index (χ2n) is 4.88. The summed E-state index contributed by atoms with van der Waals surface area (Å²) in [5, 5.41) is 0. The van der Waals surface area contributed by atoms with Crippen LogP contribution in [0.2, 0.25) is 0 Å². The number of ether oxygens (including phenoxy) is 2. The molecule has 0 aromatic heterocycles. The summed E-state index contributed by atoms with van der Waals surface area (Å²) < 4.78 is 11.1. The number of rotatable bonds is 5. The van der Waals surface area contributed by atoms with Crippen molar-refractivity contribution in [3.05, 3.63) is 23.3 Å². The van der Waals surface area contributed by atoms with Gasteiger partial charge in [0.05, 0.1) is 6.54 Å². The predicted octanol–water partition coefficient (Wildman–Crippen LogP) is 0.726. The Morgan fingerprint density at radius 1 is 1.32 bits per heavy atom.